The molecule has 2 aromatic carbocycles. The molecule has 0 amide bonds. The van der Waals surface area contributed by atoms with E-state index in [4.69, 9.17) is 0 Å². The summed E-state index contributed by atoms with van der Waals surface area (Å²) in [5.74, 6) is 0. The Balaban J connectivity index is 2.01. The molecule has 2 heteroatoms. The van der Waals surface area contributed by atoms with Gasteiger partial charge in [-0.3, -0.25) is 0 Å². The molecule has 0 saturated heterocycles. The number of benzene rings is 2. The average Bonchev–Trinajstić information content (AvgIpc) is 2.46. The quantitative estimate of drug-likeness (QED) is 0.886. The molecule has 0 bridgehead atoms. The smallest absolute Gasteiger partial charge is 0.108 e. The van der Waals surface area contributed by atoms with E-state index in [9.17, 15) is 10.2 Å². The van der Waals surface area contributed by atoms with Crippen molar-refractivity contribution in [1.82, 2.24) is 0 Å². The van der Waals surface area contributed by atoms with Crippen molar-refractivity contribution in [3.05, 3.63) is 71.3 Å². The van der Waals surface area contributed by atoms with Crippen LogP contribution in [0.3, 0.4) is 0 Å². The molecule has 2 atom stereocenters. The second-order valence-electron chi connectivity index (χ2n) is 6.82. The van der Waals surface area contributed by atoms with Crippen molar-refractivity contribution < 1.29 is 10.2 Å². The van der Waals surface area contributed by atoms with Crippen LogP contribution in [0.15, 0.2) is 54.6 Å². The molecule has 0 unspecified atom stereocenters. The largest absolute Gasteiger partial charge is 0.386 e. The maximum Gasteiger partial charge on any atom is 0.108 e. The number of fused-ring (bicyclic) bond motifs is 1. The van der Waals surface area contributed by atoms with Crippen LogP contribution in [0.25, 0.3) is 0 Å². The van der Waals surface area contributed by atoms with Gasteiger partial charge in [0.2, 0.25) is 0 Å². The van der Waals surface area contributed by atoms with Crippen LogP contribution in [-0.4, -0.2) is 15.8 Å². The normalized spacial score (nSPS) is 27.1. The second-order valence-corrected chi connectivity index (χ2v) is 6.82. The zero-order valence-electron chi connectivity index (χ0n) is 12.6. The summed E-state index contributed by atoms with van der Waals surface area (Å²) in [5.41, 5.74) is 1.76. The van der Waals surface area contributed by atoms with E-state index in [0.29, 0.717) is 12.8 Å². The van der Waals surface area contributed by atoms with E-state index >= 15 is 0 Å². The van der Waals surface area contributed by atoms with Crippen molar-refractivity contribution in [2.45, 2.75) is 43.8 Å². The van der Waals surface area contributed by atoms with E-state index in [1.165, 1.54) is 0 Å². The Labute approximate surface area is 126 Å². The molecule has 2 aromatic rings. The minimum Gasteiger partial charge on any atom is -0.386 e. The number of aliphatic hydroxyl groups excluding tert-OH is 1. The Morgan fingerprint density at radius 3 is 2.33 bits per heavy atom. The van der Waals surface area contributed by atoms with Crippen molar-refractivity contribution >= 4 is 0 Å². The van der Waals surface area contributed by atoms with Gasteiger partial charge in [0.05, 0.1) is 5.60 Å². The molecule has 1 aliphatic rings. The molecule has 0 aromatic heterocycles. The van der Waals surface area contributed by atoms with Crippen LogP contribution in [0.5, 0.6) is 0 Å². The van der Waals surface area contributed by atoms with Crippen LogP contribution in [0.2, 0.25) is 0 Å². The Morgan fingerprint density at radius 1 is 1.00 bits per heavy atom. The molecule has 0 spiro atoms. The SMILES string of the molecule is CC1(C)C[C@](O)(Cc2ccccc2)[C@H](O)c2ccccc21. The summed E-state index contributed by atoms with van der Waals surface area (Å²) >= 11 is 0. The standard InChI is InChI=1S/C19H22O2/c1-18(2)13-19(21,12-14-8-4-3-5-9-14)17(20)15-10-6-7-11-16(15)18/h3-11,17,20-21H,12-13H2,1-2H3/t17-,19-/m1/s1. The molecule has 0 saturated carbocycles. The van der Waals surface area contributed by atoms with Crippen LogP contribution in [0.4, 0.5) is 0 Å². The highest BCUT2D eigenvalue weighted by molar-refractivity contribution is 5.40. The molecule has 0 aliphatic heterocycles. The topological polar surface area (TPSA) is 40.5 Å². The molecule has 2 nitrogen and oxygen atoms in total. The van der Waals surface area contributed by atoms with Crippen molar-refractivity contribution in [3.8, 4) is 0 Å². The van der Waals surface area contributed by atoms with Gasteiger partial charge < -0.3 is 10.2 Å². The van der Waals surface area contributed by atoms with Gasteiger partial charge in [0.15, 0.2) is 0 Å². The molecule has 21 heavy (non-hydrogen) atoms. The zero-order chi connectivity index (χ0) is 15.1. The highest BCUT2D eigenvalue weighted by Crippen LogP contribution is 2.48. The first-order valence-corrected chi connectivity index (χ1v) is 7.46. The van der Waals surface area contributed by atoms with Crippen LogP contribution >= 0.6 is 0 Å². The first-order valence-electron chi connectivity index (χ1n) is 7.46. The van der Waals surface area contributed by atoms with Gasteiger partial charge in [-0.1, -0.05) is 68.4 Å². The van der Waals surface area contributed by atoms with Crippen molar-refractivity contribution in [3.63, 3.8) is 0 Å². The molecule has 0 radical (unpaired) electrons. The van der Waals surface area contributed by atoms with Gasteiger partial charge in [-0.25, -0.2) is 0 Å². The number of hydrogen-bond acceptors (Lipinski definition) is 2. The molecular weight excluding hydrogens is 260 g/mol. The van der Waals surface area contributed by atoms with Gasteiger partial charge >= 0.3 is 0 Å². The van der Waals surface area contributed by atoms with E-state index in [0.717, 1.165) is 16.7 Å². The van der Waals surface area contributed by atoms with Gasteiger partial charge in [-0.05, 0) is 28.5 Å². The van der Waals surface area contributed by atoms with E-state index in [-0.39, 0.29) is 5.41 Å². The van der Waals surface area contributed by atoms with E-state index in [1.807, 2.05) is 48.5 Å². The molecular formula is C19H22O2. The predicted octanol–water partition coefficient (Wildman–Crippen LogP) is 3.38. The van der Waals surface area contributed by atoms with Gasteiger partial charge in [-0.2, -0.15) is 0 Å². The van der Waals surface area contributed by atoms with Crippen LogP contribution in [0.1, 0.15) is 43.1 Å². The second kappa shape index (κ2) is 4.97. The first-order chi connectivity index (χ1) is 9.92. The highest BCUT2D eigenvalue weighted by Gasteiger charge is 2.47. The van der Waals surface area contributed by atoms with E-state index in [2.05, 4.69) is 19.9 Å². The van der Waals surface area contributed by atoms with Crippen molar-refractivity contribution in [2.75, 3.05) is 0 Å². The van der Waals surface area contributed by atoms with Crippen LogP contribution in [-0.2, 0) is 11.8 Å². The third-order valence-corrected chi connectivity index (χ3v) is 4.59. The van der Waals surface area contributed by atoms with Gasteiger partial charge in [0.1, 0.15) is 6.10 Å². The third kappa shape index (κ3) is 2.50. The maximum atomic E-state index is 11.1. The summed E-state index contributed by atoms with van der Waals surface area (Å²) in [5, 5.41) is 21.8. The summed E-state index contributed by atoms with van der Waals surface area (Å²) in [7, 11) is 0. The van der Waals surface area contributed by atoms with E-state index in [1.54, 1.807) is 0 Å². The van der Waals surface area contributed by atoms with E-state index < -0.39 is 11.7 Å². The fourth-order valence-electron chi connectivity index (χ4n) is 3.71. The number of rotatable bonds is 2. The van der Waals surface area contributed by atoms with Crippen LogP contribution in [0, 0.1) is 0 Å². The molecule has 110 valence electrons. The number of aliphatic hydroxyl groups is 2. The zero-order valence-corrected chi connectivity index (χ0v) is 12.6. The minimum absolute atomic E-state index is 0.153. The van der Waals surface area contributed by atoms with Crippen LogP contribution < -0.4 is 0 Å². The Bertz CT molecular complexity index is 633. The molecule has 1 aliphatic carbocycles. The maximum absolute atomic E-state index is 11.1. The lowest BCUT2D eigenvalue weighted by Crippen LogP contribution is -2.48. The lowest BCUT2D eigenvalue weighted by Gasteiger charge is -2.46. The summed E-state index contributed by atoms with van der Waals surface area (Å²) in [6.07, 6.45) is 0.168. The summed E-state index contributed by atoms with van der Waals surface area (Å²) in [4.78, 5) is 0. The van der Waals surface area contributed by atoms with Crippen molar-refractivity contribution in [2.24, 2.45) is 0 Å². The Hall–Kier alpha value is -1.64. The van der Waals surface area contributed by atoms with Gasteiger partial charge in [0, 0.05) is 6.42 Å². The van der Waals surface area contributed by atoms with Crippen molar-refractivity contribution in [1.29, 1.82) is 0 Å². The van der Waals surface area contributed by atoms with Gasteiger partial charge in [-0.15, -0.1) is 0 Å². The lowest BCUT2D eigenvalue weighted by atomic mass is 9.63. The molecule has 3 rings (SSSR count). The Kier molecular flexibility index (Phi) is 3.39. The Morgan fingerprint density at radius 2 is 1.62 bits per heavy atom. The molecule has 0 heterocycles. The minimum atomic E-state index is -1.13. The average molecular weight is 282 g/mol. The monoisotopic (exact) mass is 282 g/mol. The third-order valence-electron chi connectivity index (χ3n) is 4.59. The fraction of sp³-hybridized carbons (Fsp3) is 0.368. The fourth-order valence-corrected chi connectivity index (χ4v) is 3.71. The number of hydrogen-bond donors (Lipinski definition) is 2. The summed E-state index contributed by atoms with van der Waals surface area (Å²) in [6.45, 7) is 4.27. The van der Waals surface area contributed by atoms with Gasteiger partial charge in [0.25, 0.3) is 0 Å². The molecule has 0 fully saturated rings. The summed E-state index contributed by atoms with van der Waals surface area (Å²) in [6, 6.07) is 17.8. The predicted molar refractivity (Wildman–Crippen MR) is 84.1 cm³/mol. The highest BCUT2D eigenvalue weighted by atomic mass is 16.3. The summed E-state index contributed by atoms with van der Waals surface area (Å²) < 4.78 is 0. The lowest BCUT2D eigenvalue weighted by molar-refractivity contribution is -0.102. The molecule has 2 N–H and O–H groups in total. The first kappa shape index (κ1) is 14.3.